The summed E-state index contributed by atoms with van der Waals surface area (Å²) in [5.41, 5.74) is 3.27. The molecule has 1 N–H and O–H groups in total. The van der Waals surface area contributed by atoms with E-state index in [2.05, 4.69) is 14.4 Å². The lowest BCUT2D eigenvalue weighted by molar-refractivity contribution is -0.0594. The van der Waals surface area contributed by atoms with Gasteiger partial charge in [-0.1, -0.05) is 18.2 Å². The van der Waals surface area contributed by atoms with E-state index in [0.29, 0.717) is 31.0 Å². The molecule has 4 heterocycles. The van der Waals surface area contributed by atoms with E-state index in [1.807, 2.05) is 12.1 Å². The van der Waals surface area contributed by atoms with Gasteiger partial charge in [0.2, 0.25) is 5.88 Å². The summed E-state index contributed by atoms with van der Waals surface area (Å²) in [7, 11) is 0. The molecular weight excluding hydrogens is 527 g/mol. The summed E-state index contributed by atoms with van der Waals surface area (Å²) < 4.78 is 34.0. The largest absolute Gasteiger partial charge is 0.478 e. The highest BCUT2D eigenvalue weighted by molar-refractivity contribution is 5.92. The van der Waals surface area contributed by atoms with Crippen molar-refractivity contribution in [1.29, 1.82) is 0 Å². The molecule has 0 bridgehead atoms. The van der Waals surface area contributed by atoms with Crippen LogP contribution >= 0.6 is 0 Å². The highest BCUT2D eigenvalue weighted by Gasteiger charge is 2.28. The SMILES string of the molecule is [C-]#[N+]c1ccc(COc2cccc([C@H]3CC[C@H](Cc4nc5ccc(C(=O)O)cc5n4C[C@@H]4CCO4)OC3)n2)c(F)c1. The number of rotatable bonds is 9. The van der Waals surface area contributed by atoms with Crippen molar-refractivity contribution in [3.63, 3.8) is 0 Å². The third-order valence-electron chi connectivity index (χ3n) is 7.74. The molecule has 0 radical (unpaired) electrons. The number of carboxylic acid groups (broad SMARTS) is 1. The minimum absolute atomic E-state index is 0.0185. The molecule has 41 heavy (non-hydrogen) atoms. The first-order valence-corrected chi connectivity index (χ1v) is 13.7. The van der Waals surface area contributed by atoms with Crippen LogP contribution in [0.25, 0.3) is 15.9 Å². The van der Waals surface area contributed by atoms with E-state index < -0.39 is 11.8 Å². The predicted molar refractivity (Wildman–Crippen MR) is 148 cm³/mol. The number of aromatic carboxylic acids is 1. The van der Waals surface area contributed by atoms with Gasteiger partial charge in [-0.05, 0) is 49.6 Å². The van der Waals surface area contributed by atoms with Gasteiger partial charge in [-0.15, -0.1) is 0 Å². The Hall–Kier alpha value is -4.33. The summed E-state index contributed by atoms with van der Waals surface area (Å²) in [4.78, 5) is 24.3. The number of nitrogens with zero attached hydrogens (tertiary/aromatic N) is 4. The van der Waals surface area contributed by atoms with Gasteiger partial charge in [0.05, 0.1) is 48.5 Å². The van der Waals surface area contributed by atoms with Gasteiger partial charge in [-0.3, -0.25) is 0 Å². The van der Waals surface area contributed by atoms with Crippen molar-refractivity contribution >= 4 is 22.7 Å². The van der Waals surface area contributed by atoms with Gasteiger partial charge in [-0.2, -0.15) is 0 Å². The van der Waals surface area contributed by atoms with E-state index in [9.17, 15) is 14.3 Å². The lowest BCUT2D eigenvalue weighted by Crippen LogP contribution is -2.33. The zero-order valence-electron chi connectivity index (χ0n) is 22.3. The summed E-state index contributed by atoms with van der Waals surface area (Å²) in [6, 6.07) is 14.9. The first-order valence-electron chi connectivity index (χ1n) is 13.7. The van der Waals surface area contributed by atoms with Gasteiger partial charge in [0.15, 0.2) is 5.69 Å². The number of carboxylic acids is 1. The summed E-state index contributed by atoms with van der Waals surface area (Å²) in [5.74, 6) is -0.0619. The second-order valence-electron chi connectivity index (χ2n) is 10.4. The van der Waals surface area contributed by atoms with Crippen molar-refractivity contribution in [2.75, 3.05) is 13.2 Å². The number of imidazole rings is 1. The average molecular weight is 557 g/mol. The molecule has 4 aromatic rings. The minimum atomic E-state index is -0.965. The molecule has 3 atom stereocenters. The molecule has 2 aromatic heterocycles. The number of aromatic nitrogens is 3. The van der Waals surface area contributed by atoms with Crippen LogP contribution < -0.4 is 4.74 Å². The minimum Gasteiger partial charge on any atom is -0.478 e. The topological polar surface area (TPSA) is 100 Å². The molecule has 0 amide bonds. The zero-order chi connectivity index (χ0) is 28.3. The molecule has 10 heteroatoms. The summed E-state index contributed by atoms with van der Waals surface area (Å²) in [6.45, 7) is 8.90. The number of carbonyl (C=O) groups is 1. The van der Waals surface area contributed by atoms with E-state index in [1.54, 1.807) is 36.4 Å². The molecule has 6 rings (SSSR count). The van der Waals surface area contributed by atoms with Crippen LogP contribution in [0.2, 0.25) is 0 Å². The van der Waals surface area contributed by atoms with Crippen LogP contribution in [0.3, 0.4) is 0 Å². The van der Waals surface area contributed by atoms with Gasteiger partial charge in [0.1, 0.15) is 18.2 Å². The Morgan fingerprint density at radius 1 is 1.10 bits per heavy atom. The third kappa shape index (κ3) is 5.92. The van der Waals surface area contributed by atoms with Gasteiger partial charge in [0, 0.05) is 36.3 Å². The maximum absolute atomic E-state index is 14.2. The predicted octanol–water partition coefficient (Wildman–Crippen LogP) is 5.69. The second kappa shape index (κ2) is 11.6. The molecule has 2 aliphatic rings. The maximum atomic E-state index is 14.2. The third-order valence-corrected chi connectivity index (χ3v) is 7.74. The number of fused-ring (bicyclic) bond motifs is 1. The van der Waals surface area contributed by atoms with Crippen LogP contribution in [0.15, 0.2) is 54.6 Å². The number of halogens is 1. The van der Waals surface area contributed by atoms with Crippen molar-refractivity contribution in [3.05, 3.63) is 94.5 Å². The Balaban J connectivity index is 1.10. The molecule has 9 nitrogen and oxygen atoms in total. The Morgan fingerprint density at radius 3 is 2.68 bits per heavy atom. The fourth-order valence-corrected chi connectivity index (χ4v) is 5.31. The van der Waals surface area contributed by atoms with Crippen LogP contribution in [0.4, 0.5) is 10.1 Å². The summed E-state index contributed by atoms with van der Waals surface area (Å²) in [6.07, 6.45) is 3.36. The van der Waals surface area contributed by atoms with Crippen molar-refractivity contribution in [1.82, 2.24) is 14.5 Å². The lowest BCUT2D eigenvalue weighted by Gasteiger charge is -2.30. The molecule has 2 fully saturated rings. The van der Waals surface area contributed by atoms with Gasteiger partial charge in [0.25, 0.3) is 0 Å². The van der Waals surface area contributed by atoms with Crippen LogP contribution in [0.5, 0.6) is 5.88 Å². The van der Waals surface area contributed by atoms with E-state index >= 15 is 0 Å². The molecule has 0 aliphatic carbocycles. The number of ether oxygens (including phenoxy) is 3. The smallest absolute Gasteiger partial charge is 0.335 e. The maximum Gasteiger partial charge on any atom is 0.335 e. The van der Waals surface area contributed by atoms with Crippen molar-refractivity contribution in [2.24, 2.45) is 0 Å². The van der Waals surface area contributed by atoms with Crippen molar-refractivity contribution < 1.29 is 28.5 Å². The van der Waals surface area contributed by atoms with Crippen LogP contribution in [-0.4, -0.2) is 51.0 Å². The summed E-state index contributed by atoms with van der Waals surface area (Å²) >= 11 is 0. The Kier molecular flexibility index (Phi) is 7.63. The number of hydrogen-bond donors (Lipinski definition) is 1. The highest BCUT2D eigenvalue weighted by atomic mass is 19.1. The van der Waals surface area contributed by atoms with Crippen LogP contribution in [0, 0.1) is 12.4 Å². The van der Waals surface area contributed by atoms with Gasteiger partial charge < -0.3 is 23.9 Å². The van der Waals surface area contributed by atoms with E-state index in [-0.39, 0.29) is 36.0 Å². The highest BCUT2D eigenvalue weighted by Crippen LogP contribution is 2.31. The average Bonchev–Trinajstić information content (AvgIpc) is 3.30. The Bertz CT molecular complexity index is 1620. The number of hydrogen-bond acceptors (Lipinski definition) is 6. The standard InChI is InChI=1S/C31H29FN4O5/c1-33-22-8-5-20(25(32)14-22)17-41-30-4-2-3-26(35-30)21-6-9-23(40-18-21)15-29-34-27-10-7-19(31(37)38)13-28(27)36(29)16-24-11-12-39-24/h2-5,7-8,10,13-14,21,23-24H,6,9,11-12,15-18H2,(H,37,38)/t21-,23+,24-/m0/s1. The molecule has 210 valence electrons. The Labute approximate surface area is 236 Å². The first-order chi connectivity index (χ1) is 20.0. The van der Waals surface area contributed by atoms with Crippen molar-refractivity contribution in [3.8, 4) is 5.88 Å². The molecule has 2 aromatic carbocycles. The quantitative estimate of drug-likeness (QED) is 0.264. The zero-order valence-corrected chi connectivity index (χ0v) is 22.3. The molecule has 2 aliphatic heterocycles. The normalized spacial score (nSPS) is 20.3. The Morgan fingerprint density at radius 2 is 1.98 bits per heavy atom. The molecule has 0 spiro atoms. The van der Waals surface area contributed by atoms with E-state index in [1.165, 1.54) is 6.07 Å². The molecule has 2 saturated heterocycles. The monoisotopic (exact) mass is 556 g/mol. The number of benzene rings is 2. The molecule has 0 saturated carbocycles. The molecule has 0 unspecified atom stereocenters. The van der Waals surface area contributed by atoms with E-state index in [0.717, 1.165) is 48.4 Å². The number of pyridine rings is 1. The first kappa shape index (κ1) is 26.9. The fraction of sp³-hybridized carbons (Fsp3) is 0.355. The van der Waals surface area contributed by atoms with Crippen molar-refractivity contribution in [2.45, 2.75) is 57.0 Å². The second-order valence-corrected chi connectivity index (χ2v) is 10.4. The molecular formula is C31H29FN4O5. The lowest BCUT2D eigenvalue weighted by atomic mass is 9.93. The van der Waals surface area contributed by atoms with Gasteiger partial charge >= 0.3 is 5.97 Å². The fourth-order valence-electron chi connectivity index (χ4n) is 5.31. The van der Waals surface area contributed by atoms with Crippen LogP contribution in [-0.2, 0) is 29.0 Å². The van der Waals surface area contributed by atoms with E-state index in [4.69, 9.17) is 25.8 Å². The summed E-state index contributed by atoms with van der Waals surface area (Å²) in [5, 5.41) is 9.48. The van der Waals surface area contributed by atoms with Gasteiger partial charge in [-0.25, -0.2) is 24.0 Å². The van der Waals surface area contributed by atoms with Crippen LogP contribution in [0.1, 0.15) is 52.6 Å².